The van der Waals surface area contributed by atoms with Crippen LogP contribution in [0.25, 0.3) is 0 Å². The Bertz CT molecular complexity index is 203. The molecular formula is C15H32N2. The van der Waals surface area contributed by atoms with Gasteiger partial charge in [0, 0.05) is 18.6 Å². The van der Waals surface area contributed by atoms with E-state index in [1.807, 2.05) is 0 Å². The van der Waals surface area contributed by atoms with Crippen LogP contribution in [0.3, 0.4) is 0 Å². The molecule has 17 heavy (non-hydrogen) atoms. The fraction of sp³-hybridized carbons (Fsp3) is 1.00. The summed E-state index contributed by atoms with van der Waals surface area (Å²) in [5.74, 6) is 0. The smallest absolute Gasteiger partial charge is 0.0107 e. The Hall–Kier alpha value is -0.0800. The van der Waals surface area contributed by atoms with Crippen molar-refractivity contribution in [3.63, 3.8) is 0 Å². The van der Waals surface area contributed by atoms with E-state index in [0.717, 1.165) is 6.54 Å². The first-order valence-corrected chi connectivity index (χ1v) is 7.38. The zero-order valence-electron chi connectivity index (χ0n) is 12.6. The van der Waals surface area contributed by atoms with Gasteiger partial charge in [-0.05, 0) is 52.1 Å². The van der Waals surface area contributed by atoms with Crippen LogP contribution in [-0.2, 0) is 0 Å². The SMILES string of the molecule is CCC1(CC)CCN(CCNC(C)(C)C)CC1. The van der Waals surface area contributed by atoms with Gasteiger partial charge >= 0.3 is 0 Å². The van der Waals surface area contributed by atoms with Gasteiger partial charge in [-0.3, -0.25) is 0 Å². The molecule has 0 amide bonds. The van der Waals surface area contributed by atoms with Crippen LogP contribution in [0.4, 0.5) is 0 Å². The molecule has 1 fully saturated rings. The quantitative estimate of drug-likeness (QED) is 0.793. The van der Waals surface area contributed by atoms with E-state index in [-0.39, 0.29) is 5.54 Å². The molecule has 1 aliphatic rings. The Morgan fingerprint density at radius 3 is 2.00 bits per heavy atom. The number of hydrogen-bond donors (Lipinski definition) is 1. The fourth-order valence-corrected chi connectivity index (χ4v) is 2.80. The molecule has 102 valence electrons. The van der Waals surface area contributed by atoms with Crippen molar-refractivity contribution in [1.82, 2.24) is 10.2 Å². The number of nitrogens with zero attached hydrogens (tertiary/aromatic N) is 1. The Kier molecular flexibility index (Phi) is 5.46. The van der Waals surface area contributed by atoms with Crippen molar-refractivity contribution in [2.45, 2.75) is 65.8 Å². The van der Waals surface area contributed by atoms with E-state index in [1.54, 1.807) is 0 Å². The van der Waals surface area contributed by atoms with Crippen molar-refractivity contribution in [3.05, 3.63) is 0 Å². The van der Waals surface area contributed by atoms with E-state index >= 15 is 0 Å². The molecule has 1 rings (SSSR count). The summed E-state index contributed by atoms with van der Waals surface area (Å²) >= 11 is 0. The van der Waals surface area contributed by atoms with Gasteiger partial charge in [-0.15, -0.1) is 0 Å². The summed E-state index contributed by atoms with van der Waals surface area (Å²) in [6, 6.07) is 0. The first kappa shape index (κ1) is 15.0. The van der Waals surface area contributed by atoms with E-state index in [9.17, 15) is 0 Å². The number of likely N-dealkylation sites (tertiary alicyclic amines) is 1. The number of hydrogen-bond acceptors (Lipinski definition) is 2. The third kappa shape index (κ3) is 4.97. The number of nitrogens with one attached hydrogen (secondary N) is 1. The second-order valence-corrected chi connectivity index (χ2v) is 6.73. The predicted molar refractivity (Wildman–Crippen MR) is 76.4 cm³/mol. The first-order chi connectivity index (χ1) is 7.91. The van der Waals surface area contributed by atoms with Crippen molar-refractivity contribution in [2.24, 2.45) is 5.41 Å². The molecule has 1 aliphatic heterocycles. The molecular weight excluding hydrogens is 208 g/mol. The van der Waals surface area contributed by atoms with Gasteiger partial charge in [0.25, 0.3) is 0 Å². The fourth-order valence-electron chi connectivity index (χ4n) is 2.80. The average molecular weight is 240 g/mol. The Balaban J connectivity index is 2.23. The summed E-state index contributed by atoms with van der Waals surface area (Å²) in [6.45, 7) is 16.4. The molecule has 0 aromatic rings. The molecule has 0 aromatic carbocycles. The molecule has 0 saturated carbocycles. The second-order valence-electron chi connectivity index (χ2n) is 6.73. The molecule has 0 unspecified atom stereocenters. The molecule has 0 bridgehead atoms. The first-order valence-electron chi connectivity index (χ1n) is 7.38. The standard InChI is InChI=1S/C15H32N2/c1-6-15(7-2)8-11-17(12-9-15)13-10-16-14(3,4)5/h16H,6-13H2,1-5H3. The van der Waals surface area contributed by atoms with Crippen LogP contribution in [0, 0.1) is 5.41 Å². The third-order valence-corrected chi connectivity index (χ3v) is 4.50. The van der Waals surface area contributed by atoms with Gasteiger partial charge in [0.05, 0.1) is 0 Å². The lowest BCUT2D eigenvalue weighted by atomic mass is 9.74. The normalized spacial score (nSPS) is 21.7. The molecule has 0 radical (unpaired) electrons. The molecule has 2 heteroatoms. The van der Waals surface area contributed by atoms with Gasteiger partial charge in [0.15, 0.2) is 0 Å². The molecule has 0 aromatic heterocycles. The summed E-state index contributed by atoms with van der Waals surface area (Å²) < 4.78 is 0. The van der Waals surface area contributed by atoms with Crippen LogP contribution in [-0.4, -0.2) is 36.6 Å². The number of piperidine rings is 1. The Morgan fingerprint density at radius 2 is 1.59 bits per heavy atom. The minimum Gasteiger partial charge on any atom is -0.311 e. The van der Waals surface area contributed by atoms with Gasteiger partial charge in [-0.2, -0.15) is 0 Å². The monoisotopic (exact) mass is 240 g/mol. The van der Waals surface area contributed by atoms with Gasteiger partial charge in [0.1, 0.15) is 0 Å². The zero-order valence-corrected chi connectivity index (χ0v) is 12.6. The van der Waals surface area contributed by atoms with Crippen LogP contribution >= 0.6 is 0 Å². The van der Waals surface area contributed by atoms with Crippen molar-refractivity contribution < 1.29 is 0 Å². The zero-order chi connectivity index (χ0) is 12.9. The minimum atomic E-state index is 0.256. The number of rotatable bonds is 5. The van der Waals surface area contributed by atoms with Crippen LogP contribution in [0.1, 0.15) is 60.3 Å². The summed E-state index contributed by atoms with van der Waals surface area (Å²) in [6.07, 6.45) is 5.51. The maximum absolute atomic E-state index is 3.58. The average Bonchev–Trinajstić information content (AvgIpc) is 2.29. The second kappa shape index (κ2) is 6.19. The van der Waals surface area contributed by atoms with E-state index in [2.05, 4.69) is 44.8 Å². The summed E-state index contributed by atoms with van der Waals surface area (Å²) in [7, 11) is 0. The maximum atomic E-state index is 3.58. The third-order valence-electron chi connectivity index (χ3n) is 4.50. The molecule has 0 spiro atoms. The molecule has 1 heterocycles. The van der Waals surface area contributed by atoms with Gasteiger partial charge in [0.2, 0.25) is 0 Å². The molecule has 1 N–H and O–H groups in total. The van der Waals surface area contributed by atoms with Crippen molar-refractivity contribution >= 4 is 0 Å². The van der Waals surface area contributed by atoms with Gasteiger partial charge < -0.3 is 10.2 Å². The lowest BCUT2D eigenvalue weighted by Crippen LogP contribution is -2.45. The molecule has 1 saturated heterocycles. The predicted octanol–water partition coefficient (Wildman–Crippen LogP) is 3.28. The molecule has 2 nitrogen and oxygen atoms in total. The van der Waals surface area contributed by atoms with Gasteiger partial charge in [-0.1, -0.05) is 26.7 Å². The van der Waals surface area contributed by atoms with E-state index in [1.165, 1.54) is 45.3 Å². The van der Waals surface area contributed by atoms with E-state index in [0.29, 0.717) is 5.41 Å². The highest BCUT2D eigenvalue weighted by atomic mass is 15.1. The lowest BCUT2D eigenvalue weighted by molar-refractivity contribution is 0.0948. The van der Waals surface area contributed by atoms with Crippen LogP contribution in [0.5, 0.6) is 0 Å². The Morgan fingerprint density at radius 1 is 1.06 bits per heavy atom. The van der Waals surface area contributed by atoms with Crippen molar-refractivity contribution in [2.75, 3.05) is 26.2 Å². The minimum absolute atomic E-state index is 0.256. The highest BCUT2D eigenvalue weighted by Gasteiger charge is 2.30. The lowest BCUT2D eigenvalue weighted by Gasteiger charge is -2.41. The van der Waals surface area contributed by atoms with Crippen molar-refractivity contribution in [3.8, 4) is 0 Å². The highest BCUT2D eigenvalue weighted by Crippen LogP contribution is 2.37. The van der Waals surface area contributed by atoms with Gasteiger partial charge in [-0.25, -0.2) is 0 Å². The highest BCUT2D eigenvalue weighted by molar-refractivity contribution is 4.84. The van der Waals surface area contributed by atoms with E-state index in [4.69, 9.17) is 0 Å². The van der Waals surface area contributed by atoms with Crippen LogP contribution < -0.4 is 5.32 Å². The van der Waals surface area contributed by atoms with Crippen LogP contribution in [0.15, 0.2) is 0 Å². The summed E-state index contributed by atoms with van der Waals surface area (Å²) in [5.41, 5.74) is 0.917. The maximum Gasteiger partial charge on any atom is 0.0107 e. The largest absolute Gasteiger partial charge is 0.311 e. The molecule has 0 aliphatic carbocycles. The summed E-state index contributed by atoms with van der Waals surface area (Å²) in [5, 5.41) is 3.58. The van der Waals surface area contributed by atoms with Crippen LogP contribution in [0.2, 0.25) is 0 Å². The Labute approximate surface area is 108 Å². The molecule has 0 atom stereocenters. The summed E-state index contributed by atoms with van der Waals surface area (Å²) in [4.78, 5) is 2.63. The topological polar surface area (TPSA) is 15.3 Å². The van der Waals surface area contributed by atoms with E-state index < -0.39 is 0 Å². The van der Waals surface area contributed by atoms with Crippen molar-refractivity contribution in [1.29, 1.82) is 0 Å².